The maximum absolute atomic E-state index is 13.0. The number of carboxylic acid groups (broad SMARTS) is 1. The molecule has 4 rings (SSSR count). The highest BCUT2D eigenvalue weighted by molar-refractivity contribution is 6.32. The minimum atomic E-state index is -1.17. The number of anilines is 1. The lowest BCUT2D eigenvalue weighted by Crippen LogP contribution is -2.45. The molecule has 0 saturated carbocycles. The van der Waals surface area contributed by atoms with Gasteiger partial charge in [-0.1, -0.05) is 35.9 Å². The number of carbonyl (C=O) groups is 2. The summed E-state index contributed by atoms with van der Waals surface area (Å²) in [7, 11) is 0. The van der Waals surface area contributed by atoms with Gasteiger partial charge >= 0.3 is 5.97 Å². The summed E-state index contributed by atoms with van der Waals surface area (Å²) >= 11 is 6.10. The van der Waals surface area contributed by atoms with Gasteiger partial charge in [0.25, 0.3) is 5.91 Å². The van der Waals surface area contributed by atoms with E-state index in [0.717, 1.165) is 4.90 Å². The number of carboxylic acids is 1. The number of azo groups is 1. The third-order valence-corrected chi connectivity index (χ3v) is 5.08. The number of amides is 1. The largest absolute Gasteiger partial charge is 0.508 e. The molecule has 8 nitrogen and oxygen atoms in total. The van der Waals surface area contributed by atoms with Crippen molar-refractivity contribution in [3.8, 4) is 5.75 Å². The molecular weight excluding hydrogens is 420 g/mol. The van der Waals surface area contributed by atoms with Crippen molar-refractivity contribution in [3.63, 3.8) is 0 Å². The maximum Gasteiger partial charge on any atom is 0.323 e. The molecule has 0 spiro atoms. The Labute approximate surface area is 182 Å². The van der Waals surface area contributed by atoms with E-state index in [9.17, 15) is 19.8 Å². The molecule has 3 aromatic rings. The smallest absolute Gasteiger partial charge is 0.323 e. The molecule has 1 aliphatic rings. The number of aliphatic carboxylic acids is 1. The summed E-state index contributed by atoms with van der Waals surface area (Å²) in [6, 6.07) is 18.3. The van der Waals surface area contributed by atoms with Crippen LogP contribution in [-0.2, 0) is 4.79 Å². The molecule has 0 aliphatic carbocycles. The number of fused-ring (bicyclic) bond motifs is 1. The average Bonchev–Trinajstić information content (AvgIpc) is 2.76. The Bertz CT molecular complexity index is 1200. The van der Waals surface area contributed by atoms with Crippen LogP contribution in [0.2, 0.25) is 5.02 Å². The van der Waals surface area contributed by atoms with Crippen LogP contribution in [0.3, 0.4) is 0 Å². The Balaban J connectivity index is 1.73. The van der Waals surface area contributed by atoms with E-state index in [1.807, 2.05) is 0 Å². The van der Waals surface area contributed by atoms with Crippen molar-refractivity contribution in [2.24, 2.45) is 10.2 Å². The van der Waals surface area contributed by atoms with Gasteiger partial charge in [-0.15, -0.1) is 5.11 Å². The number of rotatable bonds is 5. The van der Waals surface area contributed by atoms with Crippen molar-refractivity contribution in [1.29, 1.82) is 0 Å². The first-order valence-electron chi connectivity index (χ1n) is 9.31. The van der Waals surface area contributed by atoms with Crippen LogP contribution in [0.1, 0.15) is 22.1 Å². The summed E-state index contributed by atoms with van der Waals surface area (Å²) in [4.78, 5) is 25.5. The first-order chi connectivity index (χ1) is 14.9. The summed E-state index contributed by atoms with van der Waals surface area (Å²) in [6.07, 6.45) is -0.908. The molecule has 3 aromatic carbocycles. The highest BCUT2D eigenvalue weighted by atomic mass is 35.5. The fourth-order valence-corrected chi connectivity index (χ4v) is 3.49. The van der Waals surface area contributed by atoms with Crippen molar-refractivity contribution in [1.82, 2.24) is 4.90 Å². The van der Waals surface area contributed by atoms with Gasteiger partial charge in [-0.3, -0.25) is 9.59 Å². The molecule has 1 unspecified atom stereocenters. The number of hydrogen-bond acceptors (Lipinski definition) is 6. The van der Waals surface area contributed by atoms with E-state index in [1.54, 1.807) is 60.7 Å². The van der Waals surface area contributed by atoms with Crippen LogP contribution in [0, 0.1) is 0 Å². The number of benzene rings is 3. The zero-order chi connectivity index (χ0) is 22.0. The lowest BCUT2D eigenvalue weighted by molar-refractivity contribution is -0.138. The van der Waals surface area contributed by atoms with Crippen molar-refractivity contribution in [2.45, 2.75) is 6.17 Å². The summed E-state index contributed by atoms with van der Waals surface area (Å²) < 4.78 is 0. The maximum atomic E-state index is 13.0. The number of carbonyl (C=O) groups excluding carboxylic acids is 1. The number of nitrogens with zero attached hydrogens (tertiary/aromatic N) is 3. The van der Waals surface area contributed by atoms with Gasteiger partial charge < -0.3 is 20.4 Å². The third kappa shape index (κ3) is 4.19. The first kappa shape index (κ1) is 20.4. The van der Waals surface area contributed by atoms with E-state index in [4.69, 9.17) is 11.6 Å². The van der Waals surface area contributed by atoms with Gasteiger partial charge in [-0.05, 0) is 42.5 Å². The SMILES string of the molecule is O=C(O)CN1C(=O)c2ccccc2NC1c1cc(N=Nc2ccccc2Cl)ccc1O. The number of nitrogens with one attached hydrogen (secondary N) is 1. The molecule has 0 radical (unpaired) electrons. The van der Waals surface area contributed by atoms with Crippen LogP contribution >= 0.6 is 11.6 Å². The molecule has 9 heteroatoms. The number of phenols is 1. The van der Waals surface area contributed by atoms with Crippen LogP contribution in [0.4, 0.5) is 17.1 Å². The average molecular weight is 437 g/mol. The second kappa shape index (κ2) is 8.45. The molecule has 1 atom stereocenters. The molecule has 1 amide bonds. The van der Waals surface area contributed by atoms with E-state index >= 15 is 0 Å². The molecule has 31 heavy (non-hydrogen) atoms. The number of phenolic OH excluding ortho intramolecular Hbond substituents is 1. The van der Waals surface area contributed by atoms with E-state index in [2.05, 4.69) is 15.5 Å². The molecule has 0 aromatic heterocycles. The fourth-order valence-electron chi connectivity index (χ4n) is 3.31. The van der Waals surface area contributed by atoms with Crippen molar-refractivity contribution < 1.29 is 19.8 Å². The van der Waals surface area contributed by atoms with E-state index in [0.29, 0.717) is 33.2 Å². The normalized spacial score (nSPS) is 15.6. The van der Waals surface area contributed by atoms with Crippen molar-refractivity contribution >= 4 is 40.5 Å². The molecule has 0 bridgehead atoms. The summed E-state index contributed by atoms with van der Waals surface area (Å²) in [5.74, 6) is -1.74. The van der Waals surface area contributed by atoms with E-state index in [-0.39, 0.29) is 5.75 Å². The van der Waals surface area contributed by atoms with Crippen LogP contribution in [0.25, 0.3) is 0 Å². The Morgan fingerprint density at radius 3 is 2.58 bits per heavy atom. The molecule has 1 heterocycles. The monoisotopic (exact) mass is 436 g/mol. The number of para-hydroxylation sites is 1. The summed E-state index contributed by atoms with van der Waals surface area (Å²) in [6.45, 7) is -0.546. The number of aromatic hydroxyl groups is 1. The van der Waals surface area contributed by atoms with Gasteiger partial charge in [0.15, 0.2) is 0 Å². The second-order valence-electron chi connectivity index (χ2n) is 6.81. The molecular formula is C22H17ClN4O4. The van der Waals surface area contributed by atoms with E-state index < -0.39 is 24.6 Å². The predicted molar refractivity (Wildman–Crippen MR) is 115 cm³/mol. The van der Waals surface area contributed by atoms with Crippen LogP contribution in [0.5, 0.6) is 5.75 Å². The zero-order valence-electron chi connectivity index (χ0n) is 16.1. The Morgan fingerprint density at radius 1 is 1.06 bits per heavy atom. The Kier molecular flexibility index (Phi) is 5.55. The van der Waals surface area contributed by atoms with Crippen molar-refractivity contribution in [3.05, 3.63) is 82.9 Å². The molecule has 3 N–H and O–H groups in total. The van der Waals surface area contributed by atoms with Gasteiger partial charge in [0.05, 0.1) is 16.3 Å². The third-order valence-electron chi connectivity index (χ3n) is 4.76. The number of hydrogen-bond donors (Lipinski definition) is 3. The van der Waals surface area contributed by atoms with E-state index in [1.165, 1.54) is 6.07 Å². The first-order valence-corrected chi connectivity index (χ1v) is 9.69. The summed E-state index contributed by atoms with van der Waals surface area (Å²) in [5, 5.41) is 31.7. The van der Waals surface area contributed by atoms with Gasteiger partial charge in [0.2, 0.25) is 0 Å². The molecule has 0 fully saturated rings. The molecule has 1 aliphatic heterocycles. The molecule has 156 valence electrons. The highest BCUT2D eigenvalue weighted by Crippen LogP contribution is 2.38. The predicted octanol–water partition coefficient (Wildman–Crippen LogP) is 5.11. The lowest BCUT2D eigenvalue weighted by atomic mass is 10.0. The van der Waals surface area contributed by atoms with Gasteiger partial charge in [0, 0.05) is 11.3 Å². The minimum absolute atomic E-state index is 0.114. The summed E-state index contributed by atoms with van der Waals surface area (Å²) in [5.41, 5.74) is 2.07. The van der Waals surface area contributed by atoms with Gasteiger partial charge in [0.1, 0.15) is 24.1 Å². The zero-order valence-corrected chi connectivity index (χ0v) is 16.8. The van der Waals surface area contributed by atoms with Gasteiger partial charge in [-0.25, -0.2) is 0 Å². The standard InChI is InChI=1S/C22H17ClN4O4/c23-16-6-2-4-8-18(16)26-25-13-9-10-19(28)15(11-13)21-24-17-7-3-1-5-14(17)22(31)27(21)12-20(29)30/h1-11,21,24,28H,12H2,(H,29,30). The topological polar surface area (TPSA) is 115 Å². The second-order valence-corrected chi connectivity index (χ2v) is 7.22. The minimum Gasteiger partial charge on any atom is -0.508 e. The quantitative estimate of drug-likeness (QED) is 0.480. The van der Waals surface area contributed by atoms with Crippen LogP contribution < -0.4 is 5.32 Å². The van der Waals surface area contributed by atoms with Gasteiger partial charge in [-0.2, -0.15) is 5.11 Å². The fraction of sp³-hybridized carbons (Fsp3) is 0.0909. The lowest BCUT2D eigenvalue weighted by Gasteiger charge is -2.37. The molecule has 0 saturated heterocycles. The van der Waals surface area contributed by atoms with Crippen LogP contribution in [0.15, 0.2) is 77.0 Å². The highest BCUT2D eigenvalue weighted by Gasteiger charge is 2.35. The Hall–Kier alpha value is -3.91. The van der Waals surface area contributed by atoms with Crippen LogP contribution in [-0.4, -0.2) is 33.5 Å². The van der Waals surface area contributed by atoms with Crippen molar-refractivity contribution in [2.75, 3.05) is 11.9 Å². The Morgan fingerprint density at radius 2 is 1.81 bits per heavy atom. The number of halogens is 1.